The Labute approximate surface area is 126 Å². The fourth-order valence-electron chi connectivity index (χ4n) is 2.54. The van der Waals surface area contributed by atoms with Crippen LogP contribution in [0.15, 0.2) is 6.33 Å². The number of likely N-dealkylation sites (N-methyl/N-ethyl adjacent to an activating group) is 2. The van der Waals surface area contributed by atoms with Gasteiger partial charge in [-0.2, -0.15) is 0 Å². The van der Waals surface area contributed by atoms with Gasteiger partial charge in [-0.3, -0.25) is 9.69 Å². The summed E-state index contributed by atoms with van der Waals surface area (Å²) in [5.41, 5.74) is 0. The summed E-state index contributed by atoms with van der Waals surface area (Å²) in [5, 5.41) is 7.97. The maximum absolute atomic E-state index is 12.3. The van der Waals surface area contributed by atoms with Gasteiger partial charge in [-0.05, 0) is 13.5 Å². The topological polar surface area (TPSA) is 57.5 Å². The largest absolute Gasteiger partial charge is 0.337 e. The molecule has 0 spiro atoms. The van der Waals surface area contributed by atoms with Crippen LogP contribution in [-0.4, -0.2) is 81.7 Å². The summed E-state index contributed by atoms with van der Waals surface area (Å²) < 4.78 is 1.96. The first-order valence-corrected chi connectivity index (χ1v) is 7.69. The molecule has 0 saturated carbocycles. The minimum Gasteiger partial charge on any atom is -0.337 e. The van der Waals surface area contributed by atoms with Crippen molar-refractivity contribution in [2.45, 2.75) is 26.9 Å². The molecule has 1 saturated heterocycles. The number of nitrogens with zero attached hydrogens (tertiary/aromatic N) is 6. The van der Waals surface area contributed by atoms with Crippen molar-refractivity contribution in [1.82, 2.24) is 29.5 Å². The van der Waals surface area contributed by atoms with E-state index in [1.807, 2.05) is 18.5 Å². The fourth-order valence-corrected chi connectivity index (χ4v) is 2.54. The van der Waals surface area contributed by atoms with E-state index >= 15 is 0 Å². The number of carbonyl (C=O) groups excluding carboxylic acids is 1. The predicted octanol–water partition coefficient (Wildman–Crippen LogP) is -0.106. The fraction of sp³-hybridized carbons (Fsp3) is 0.786. The van der Waals surface area contributed by atoms with E-state index in [4.69, 9.17) is 0 Å². The second-order valence-corrected chi connectivity index (χ2v) is 5.49. The zero-order valence-corrected chi connectivity index (χ0v) is 13.3. The lowest BCUT2D eigenvalue weighted by atomic mass is 10.3. The highest BCUT2D eigenvalue weighted by atomic mass is 16.2. The Morgan fingerprint density at radius 3 is 2.48 bits per heavy atom. The van der Waals surface area contributed by atoms with Crippen molar-refractivity contribution in [1.29, 1.82) is 0 Å². The van der Waals surface area contributed by atoms with Gasteiger partial charge in [-0.25, -0.2) is 0 Å². The molecule has 1 aromatic heterocycles. The van der Waals surface area contributed by atoms with E-state index in [9.17, 15) is 4.79 Å². The average Bonchev–Trinajstić information content (AvgIpc) is 2.95. The first-order chi connectivity index (χ1) is 10.1. The highest BCUT2D eigenvalue weighted by molar-refractivity contribution is 5.77. The summed E-state index contributed by atoms with van der Waals surface area (Å²) in [6.07, 6.45) is 1.71. The van der Waals surface area contributed by atoms with Crippen LogP contribution < -0.4 is 0 Å². The third kappa shape index (κ3) is 4.25. The smallest absolute Gasteiger partial charge is 0.236 e. The van der Waals surface area contributed by atoms with E-state index in [0.717, 1.165) is 45.1 Å². The van der Waals surface area contributed by atoms with Crippen LogP contribution in [0.3, 0.4) is 0 Å². The maximum Gasteiger partial charge on any atom is 0.236 e. The average molecular weight is 294 g/mol. The first kappa shape index (κ1) is 15.9. The Kier molecular flexibility index (Phi) is 5.69. The lowest BCUT2D eigenvalue weighted by Gasteiger charge is -2.34. The van der Waals surface area contributed by atoms with Crippen molar-refractivity contribution in [2.24, 2.45) is 0 Å². The molecule has 2 rings (SSSR count). The van der Waals surface area contributed by atoms with Crippen molar-refractivity contribution >= 4 is 5.91 Å². The Bertz CT molecular complexity index is 452. The lowest BCUT2D eigenvalue weighted by molar-refractivity contribution is -0.132. The number of aryl methyl sites for hydroxylation is 1. The number of hydrogen-bond donors (Lipinski definition) is 0. The summed E-state index contributed by atoms with van der Waals surface area (Å²) in [7, 11) is 1.83. The highest BCUT2D eigenvalue weighted by Crippen LogP contribution is 2.04. The van der Waals surface area contributed by atoms with Gasteiger partial charge in [0.15, 0.2) is 5.82 Å². The normalized spacial score (nSPS) is 17.1. The van der Waals surface area contributed by atoms with E-state index in [0.29, 0.717) is 13.1 Å². The van der Waals surface area contributed by atoms with Crippen LogP contribution in [0.2, 0.25) is 0 Å². The molecule has 1 aliphatic rings. The lowest BCUT2D eigenvalue weighted by Crippen LogP contribution is -2.49. The molecule has 0 bridgehead atoms. The van der Waals surface area contributed by atoms with Crippen molar-refractivity contribution < 1.29 is 4.79 Å². The summed E-state index contributed by atoms with van der Waals surface area (Å²) >= 11 is 0. The van der Waals surface area contributed by atoms with E-state index in [1.165, 1.54) is 0 Å². The quantitative estimate of drug-likeness (QED) is 0.733. The first-order valence-electron chi connectivity index (χ1n) is 7.69. The van der Waals surface area contributed by atoms with Crippen molar-refractivity contribution in [2.75, 3.05) is 46.3 Å². The molecule has 7 heteroatoms. The molecule has 0 atom stereocenters. The SMILES string of the molecule is CCN1CCN(CC(=O)N(C)Cc2nncn2CC)CC1. The molecule has 1 fully saturated rings. The minimum absolute atomic E-state index is 0.144. The van der Waals surface area contributed by atoms with Crippen LogP contribution in [0.25, 0.3) is 0 Å². The van der Waals surface area contributed by atoms with E-state index in [-0.39, 0.29) is 5.91 Å². The zero-order chi connectivity index (χ0) is 15.2. The van der Waals surface area contributed by atoms with Gasteiger partial charge >= 0.3 is 0 Å². The van der Waals surface area contributed by atoms with E-state index in [2.05, 4.69) is 26.9 Å². The Morgan fingerprint density at radius 1 is 1.19 bits per heavy atom. The molecule has 1 aliphatic heterocycles. The third-order valence-electron chi connectivity index (χ3n) is 4.11. The molecule has 1 aromatic rings. The summed E-state index contributed by atoms with van der Waals surface area (Å²) in [5.74, 6) is 0.981. The standard InChI is InChI=1S/C14H26N6O/c1-4-18-6-8-19(9-7-18)11-14(21)17(3)10-13-16-15-12-20(13)5-2/h12H,4-11H2,1-3H3. The van der Waals surface area contributed by atoms with Crippen molar-refractivity contribution in [3.05, 3.63) is 12.2 Å². The number of rotatable bonds is 6. The van der Waals surface area contributed by atoms with Gasteiger partial charge in [-0.1, -0.05) is 6.92 Å². The van der Waals surface area contributed by atoms with Gasteiger partial charge in [0.05, 0.1) is 13.1 Å². The number of carbonyl (C=O) groups is 1. The van der Waals surface area contributed by atoms with E-state index in [1.54, 1.807) is 11.2 Å². The van der Waals surface area contributed by atoms with E-state index < -0.39 is 0 Å². The highest BCUT2D eigenvalue weighted by Gasteiger charge is 2.20. The van der Waals surface area contributed by atoms with Crippen LogP contribution in [0.4, 0.5) is 0 Å². The summed E-state index contributed by atoms with van der Waals surface area (Å²) in [6, 6.07) is 0. The number of hydrogen-bond acceptors (Lipinski definition) is 5. The number of aromatic nitrogens is 3. The van der Waals surface area contributed by atoms with Gasteiger partial charge in [0.25, 0.3) is 0 Å². The van der Waals surface area contributed by atoms with Crippen LogP contribution in [0, 0.1) is 0 Å². The van der Waals surface area contributed by atoms with Crippen molar-refractivity contribution in [3.8, 4) is 0 Å². The number of amides is 1. The molecule has 118 valence electrons. The maximum atomic E-state index is 12.3. The van der Waals surface area contributed by atoms with Crippen molar-refractivity contribution in [3.63, 3.8) is 0 Å². The zero-order valence-electron chi connectivity index (χ0n) is 13.3. The van der Waals surface area contributed by atoms with Gasteiger partial charge in [-0.15, -0.1) is 10.2 Å². The molecule has 7 nitrogen and oxygen atoms in total. The molecule has 0 radical (unpaired) electrons. The van der Waals surface area contributed by atoms with Gasteiger partial charge in [0.1, 0.15) is 6.33 Å². The molecule has 0 aromatic carbocycles. The molecule has 0 unspecified atom stereocenters. The summed E-state index contributed by atoms with van der Waals surface area (Å²) in [4.78, 5) is 18.7. The molecule has 2 heterocycles. The van der Waals surface area contributed by atoms with Gasteiger partial charge < -0.3 is 14.4 Å². The van der Waals surface area contributed by atoms with Crippen LogP contribution >= 0.6 is 0 Å². The molecular formula is C14H26N6O. The van der Waals surface area contributed by atoms with Crippen LogP contribution in [0.5, 0.6) is 0 Å². The van der Waals surface area contributed by atoms with Crippen LogP contribution in [0.1, 0.15) is 19.7 Å². The van der Waals surface area contributed by atoms with Gasteiger partial charge in [0, 0.05) is 39.8 Å². The number of piperazine rings is 1. The second kappa shape index (κ2) is 7.51. The molecule has 21 heavy (non-hydrogen) atoms. The third-order valence-corrected chi connectivity index (χ3v) is 4.11. The van der Waals surface area contributed by atoms with Crippen LogP contribution in [-0.2, 0) is 17.9 Å². The second-order valence-electron chi connectivity index (χ2n) is 5.49. The monoisotopic (exact) mass is 294 g/mol. The molecule has 1 amide bonds. The molecular weight excluding hydrogens is 268 g/mol. The Hall–Kier alpha value is -1.47. The molecule has 0 N–H and O–H groups in total. The predicted molar refractivity (Wildman–Crippen MR) is 80.7 cm³/mol. The molecule has 0 aliphatic carbocycles. The Balaban J connectivity index is 1.80. The minimum atomic E-state index is 0.144. The van der Waals surface area contributed by atoms with Gasteiger partial charge in [0.2, 0.25) is 5.91 Å². The Morgan fingerprint density at radius 2 is 1.86 bits per heavy atom. The summed E-state index contributed by atoms with van der Waals surface area (Å²) in [6.45, 7) is 11.2.